The number of fused-ring (bicyclic) bond motifs is 1. The van der Waals surface area contributed by atoms with Crippen LogP contribution in [-0.4, -0.2) is 49.3 Å². The maximum atomic E-state index is 12.5. The lowest BCUT2D eigenvalue weighted by Gasteiger charge is -2.15. The Balaban J connectivity index is 1.23. The van der Waals surface area contributed by atoms with Crippen molar-refractivity contribution in [2.75, 3.05) is 25.0 Å². The molecule has 0 spiro atoms. The molecule has 0 bridgehead atoms. The van der Waals surface area contributed by atoms with E-state index in [0.717, 1.165) is 28.1 Å². The van der Waals surface area contributed by atoms with Crippen LogP contribution in [0.4, 0.5) is 5.69 Å². The van der Waals surface area contributed by atoms with Crippen molar-refractivity contribution in [2.45, 2.75) is 30.6 Å². The van der Waals surface area contributed by atoms with Gasteiger partial charge in [0, 0.05) is 25.2 Å². The molecule has 1 fully saturated rings. The molecule has 1 saturated heterocycles. The van der Waals surface area contributed by atoms with Crippen LogP contribution in [0.2, 0.25) is 0 Å². The number of carbonyl (C=O) groups excluding carboxylic acids is 2. The van der Waals surface area contributed by atoms with Gasteiger partial charge in [0.25, 0.3) is 5.91 Å². The van der Waals surface area contributed by atoms with E-state index in [2.05, 4.69) is 10.3 Å². The van der Waals surface area contributed by atoms with Gasteiger partial charge in [0.15, 0.2) is 6.61 Å². The zero-order valence-electron chi connectivity index (χ0n) is 17.3. The van der Waals surface area contributed by atoms with Crippen molar-refractivity contribution in [3.05, 3.63) is 53.5 Å². The Kier molecular flexibility index (Phi) is 6.83. The number of hydrogen-bond acceptors (Lipinski definition) is 7. The number of aryl methyl sites for hydroxylation is 1. The number of sulfonamides is 1. The van der Waals surface area contributed by atoms with Crippen molar-refractivity contribution in [2.24, 2.45) is 0 Å². The molecule has 2 aromatic carbocycles. The van der Waals surface area contributed by atoms with E-state index in [1.807, 2.05) is 24.3 Å². The van der Waals surface area contributed by atoms with E-state index in [0.29, 0.717) is 25.2 Å². The molecule has 3 aromatic rings. The highest BCUT2D eigenvalue weighted by Gasteiger charge is 2.26. The fraction of sp³-hybridized carbons (Fsp3) is 0.318. The second-order valence-corrected chi connectivity index (χ2v) is 10.5. The van der Waals surface area contributed by atoms with E-state index >= 15 is 0 Å². The van der Waals surface area contributed by atoms with Crippen molar-refractivity contribution in [3.8, 4) is 0 Å². The van der Waals surface area contributed by atoms with Crippen LogP contribution in [-0.2, 0) is 30.8 Å². The SMILES string of the molecule is O=C(COC(=O)CCc1nc2ccccc2s1)Nc1ccc(S(=O)(=O)N2CCCC2)cc1. The van der Waals surface area contributed by atoms with Gasteiger partial charge in [-0.2, -0.15) is 4.31 Å². The minimum Gasteiger partial charge on any atom is -0.456 e. The Labute approximate surface area is 190 Å². The van der Waals surface area contributed by atoms with Gasteiger partial charge >= 0.3 is 5.97 Å². The van der Waals surface area contributed by atoms with Gasteiger partial charge in [-0.1, -0.05) is 12.1 Å². The smallest absolute Gasteiger partial charge is 0.306 e. The summed E-state index contributed by atoms with van der Waals surface area (Å²) in [6.07, 6.45) is 2.32. The summed E-state index contributed by atoms with van der Waals surface area (Å²) in [5.41, 5.74) is 1.33. The molecule has 1 N–H and O–H groups in total. The number of nitrogens with one attached hydrogen (secondary N) is 1. The average Bonchev–Trinajstić information content (AvgIpc) is 3.47. The number of rotatable bonds is 8. The van der Waals surface area contributed by atoms with Crippen molar-refractivity contribution >= 4 is 49.1 Å². The highest BCUT2D eigenvalue weighted by Crippen LogP contribution is 2.23. The number of anilines is 1. The van der Waals surface area contributed by atoms with Crippen molar-refractivity contribution in [1.82, 2.24) is 9.29 Å². The fourth-order valence-corrected chi connectivity index (χ4v) is 5.92. The van der Waals surface area contributed by atoms with Gasteiger partial charge < -0.3 is 10.1 Å². The van der Waals surface area contributed by atoms with Crippen LogP contribution in [0.25, 0.3) is 10.2 Å². The molecule has 0 radical (unpaired) electrons. The quantitative estimate of drug-likeness (QED) is 0.504. The van der Waals surface area contributed by atoms with Gasteiger partial charge in [0.2, 0.25) is 10.0 Å². The maximum absolute atomic E-state index is 12.5. The average molecular weight is 474 g/mol. The molecule has 1 aliphatic rings. The van der Waals surface area contributed by atoms with Crippen LogP contribution >= 0.6 is 11.3 Å². The standard InChI is InChI=1S/C22H23N3O5S2/c26-20(15-30-22(27)12-11-21-24-18-5-1-2-6-19(18)31-21)23-16-7-9-17(10-8-16)32(28,29)25-13-3-4-14-25/h1-2,5-10H,3-4,11-15H2,(H,23,26). The third-order valence-electron chi connectivity index (χ3n) is 5.09. The molecule has 0 saturated carbocycles. The molecule has 0 atom stereocenters. The summed E-state index contributed by atoms with van der Waals surface area (Å²) in [4.78, 5) is 28.7. The van der Waals surface area contributed by atoms with Gasteiger partial charge in [0.05, 0.1) is 26.5 Å². The molecule has 1 aromatic heterocycles. The summed E-state index contributed by atoms with van der Waals surface area (Å²) in [6.45, 7) is 0.656. The number of amides is 1. The first-order chi connectivity index (χ1) is 15.4. The first kappa shape index (κ1) is 22.4. The monoisotopic (exact) mass is 473 g/mol. The predicted molar refractivity (Wildman–Crippen MR) is 122 cm³/mol. The molecular formula is C22H23N3O5S2. The Morgan fingerprint density at radius 1 is 1.06 bits per heavy atom. The summed E-state index contributed by atoms with van der Waals surface area (Å²) in [5, 5.41) is 3.45. The van der Waals surface area contributed by atoms with Gasteiger partial charge in [-0.3, -0.25) is 9.59 Å². The number of para-hydroxylation sites is 1. The first-order valence-corrected chi connectivity index (χ1v) is 12.6. The fourth-order valence-electron chi connectivity index (χ4n) is 3.44. The normalized spacial score (nSPS) is 14.5. The third-order valence-corrected chi connectivity index (χ3v) is 8.10. The second kappa shape index (κ2) is 9.76. The third kappa shape index (κ3) is 5.32. The van der Waals surface area contributed by atoms with Gasteiger partial charge in [-0.15, -0.1) is 11.3 Å². The molecule has 168 valence electrons. The molecule has 10 heteroatoms. The molecule has 8 nitrogen and oxygen atoms in total. The van der Waals surface area contributed by atoms with Crippen molar-refractivity contribution in [1.29, 1.82) is 0 Å². The Morgan fingerprint density at radius 2 is 1.78 bits per heavy atom. The van der Waals surface area contributed by atoms with Gasteiger partial charge in [0.1, 0.15) is 0 Å². The van der Waals surface area contributed by atoms with Crippen LogP contribution < -0.4 is 5.32 Å². The van der Waals surface area contributed by atoms with E-state index in [1.165, 1.54) is 39.9 Å². The predicted octanol–water partition coefficient (Wildman–Crippen LogP) is 3.20. The first-order valence-electron chi connectivity index (χ1n) is 10.3. The molecule has 2 heterocycles. The van der Waals surface area contributed by atoms with E-state index < -0.39 is 28.5 Å². The number of benzene rings is 2. The Hall–Kier alpha value is -2.82. The summed E-state index contributed by atoms with van der Waals surface area (Å²) in [7, 11) is -3.50. The summed E-state index contributed by atoms with van der Waals surface area (Å²) in [6, 6.07) is 13.7. The number of aromatic nitrogens is 1. The Morgan fingerprint density at radius 3 is 2.50 bits per heavy atom. The van der Waals surface area contributed by atoms with Gasteiger partial charge in [-0.25, -0.2) is 13.4 Å². The molecule has 0 unspecified atom stereocenters. The molecule has 32 heavy (non-hydrogen) atoms. The van der Waals surface area contributed by atoms with Crippen LogP contribution in [0.1, 0.15) is 24.3 Å². The van der Waals surface area contributed by atoms with E-state index in [4.69, 9.17) is 4.74 Å². The van der Waals surface area contributed by atoms with Crippen LogP contribution in [0.5, 0.6) is 0 Å². The zero-order chi connectivity index (χ0) is 22.6. The number of hydrogen-bond donors (Lipinski definition) is 1. The highest BCUT2D eigenvalue weighted by molar-refractivity contribution is 7.89. The second-order valence-electron chi connectivity index (χ2n) is 7.42. The molecular weight excluding hydrogens is 450 g/mol. The van der Waals surface area contributed by atoms with Crippen molar-refractivity contribution < 1.29 is 22.7 Å². The minimum absolute atomic E-state index is 0.135. The molecule has 1 aliphatic heterocycles. The zero-order valence-corrected chi connectivity index (χ0v) is 19.0. The molecule has 4 rings (SSSR count). The summed E-state index contributed by atoms with van der Waals surface area (Å²) < 4.78 is 32.6. The van der Waals surface area contributed by atoms with Crippen molar-refractivity contribution in [3.63, 3.8) is 0 Å². The van der Waals surface area contributed by atoms with E-state index in [1.54, 1.807) is 0 Å². The molecule has 1 amide bonds. The lowest BCUT2D eigenvalue weighted by Crippen LogP contribution is -2.27. The lowest BCUT2D eigenvalue weighted by atomic mass is 10.3. The lowest BCUT2D eigenvalue weighted by molar-refractivity contribution is -0.147. The largest absolute Gasteiger partial charge is 0.456 e. The number of ether oxygens (including phenoxy) is 1. The maximum Gasteiger partial charge on any atom is 0.306 e. The van der Waals surface area contributed by atoms with E-state index in [-0.39, 0.29) is 11.3 Å². The highest BCUT2D eigenvalue weighted by atomic mass is 32.2. The minimum atomic E-state index is -3.50. The number of nitrogens with zero attached hydrogens (tertiary/aromatic N) is 2. The summed E-state index contributed by atoms with van der Waals surface area (Å²) >= 11 is 1.53. The van der Waals surface area contributed by atoms with Crippen LogP contribution in [0.3, 0.4) is 0 Å². The molecule has 0 aliphatic carbocycles. The topological polar surface area (TPSA) is 106 Å². The van der Waals surface area contributed by atoms with Gasteiger partial charge in [-0.05, 0) is 49.2 Å². The van der Waals surface area contributed by atoms with Crippen LogP contribution in [0.15, 0.2) is 53.4 Å². The summed E-state index contributed by atoms with van der Waals surface area (Å²) in [5.74, 6) is -0.972. The van der Waals surface area contributed by atoms with Crippen LogP contribution in [0, 0.1) is 0 Å². The number of esters is 1. The Bertz CT molecular complexity index is 1180. The number of carbonyl (C=O) groups is 2. The van der Waals surface area contributed by atoms with E-state index in [9.17, 15) is 18.0 Å². The number of thiazole rings is 1.